The molecule has 0 aliphatic carbocycles. The molecule has 1 heterocycles. The first-order valence-corrected chi connectivity index (χ1v) is 7.71. The lowest BCUT2D eigenvalue weighted by Gasteiger charge is -2.14. The van der Waals surface area contributed by atoms with Gasteiger partial charge in [-0.25, -0.2) is 0 Å². The fourth-order valence-electron chi connectivity index (χ4n) is 2.28. The van der Waals surface area contributed by atoms with Crippen molar-refractivity contribution in [2.24, 2.45) is 0 Å². The molecule has 4 nitrogen and oxygen atoms in total. The van der Waals surface area contributed by atoms with Crippen LogP contribution in [0.3, 0.4) is 0 Å². The fourth-order valence-corrected chi connectivity index (χ4v) is 2.73. The zero-order valence-electron chi connectivity index (χ0n) is 12.0. The number of hydrogen-bond donors (Lipinski definition) is 2. The van der Waals surface area contributed by atoms with Crippen LogP contribution in [0.15, 0.2) is 54.2 Å². The van der Waals surface area contributed by atoms with Gasteiger partial charge < -0.3 is 10.4 Å². The zero-order valence-corrected chi connectivity index (χ0v) is 13.6. The smallest absolute Gasteiger partial charge is 0.276 e. The molecule has 0 aromatic heterocycles. The van der Waals surface area contributed by atoms with E-state index in [0.717, 1.165) is 5.56 Å². The summed E-state index contributed by atoms with van der Waals surface area (Å²) >= 11 is 11.4. The fraction of sp³-hybridized carbons (Fsp3) is 0.0588. The summed E-state index contributed by atoms with van der Waals surface area (Å²) in [5.74, 6) is -0.150. The Kier molecular flexibility index (Phi) is 4.32. The minimum absolute atomic E-state index is 0.102. The van der Waals surface area contributed by atoms with Crippen LogP contribution in [0.1, 0.15) is 11.1 Å². The highest BCUT2D eigenvalue weighted by atomic mass is 35.5. The highest BCUT2D eigenvalue weighted by molar-refractivity contribution is 7.80. The number of nitrogens with one attached hydrogen (secondary N) is 1. The van der Waals surface area contributed by atoms with Crippen molar-refractivity contribution in [3.63, 3.8) is 0 Å². The molecule has 1 fully saturated rings. The number of carbonyl (C=O) groups is 1. The number of phenols is 1. The van der Waals surface area contributed by atoms with E-state index >= 15 is 0 Å². The second kappa shape index (κ2) is 6.40. The molecule has 116 valence electrons. The van der Waals surface area contributed by atoms with E-state index in [2.05, 4.69) is 5.32 Å². The Hall–Kier alpha value is -2.37. The molecule has 0 atom stereocenters. The standard InChI is InChI=1S/C17H13ClN2O2S/c18-13-7-3-1-6-12(13)10-20-16(22)14(19-17(20)23)9-11-5-2-4-8-15(11)21/h1-9,21H,10H2,(H,19,23). The summed E-state index contributed by atoms with van der Waals surface area (Å²) < 4.78 is 0. The zero-order chi connectivity index (χ0) is 16.4. The molecule has 1 saturated heterocycles. The van der Waals surface area contributed by atoms with Crippen LogP contribution in [0.2, 0.25) is 5.02 Å². The van der Waals surface area contributed by atoms with Gasteiger partial charge >= 0.3 is 0 Å². The van der Waals surface area contributed by atoms with E-state index in [0.29, 0.717) is 27.9 Å². The van der Waals surface area contributed by atoms with Gasteiger partial charge in [-0.3, -0.25) is 9.69 Å². The molecule has 3 rings (SSSR count). The largest absolute Gasteiger partial charge is 0.507 e. The van der Waals surface area contributed by atoms with Crippen LogP contribution < -0.4 is 5.32 Å². The molecule has 0 bridgehead atoms. The lowest BCUT2D eigenvalue weighted by atomic mass is 10.1. The summed E-state index contributed by atoms with van der Waals surface area (Å²) in [7, 11) is 0. The number of phenolic OH excluding ortho intramolecular Hbond substituents is 1. The van der Waals surface area contributed by atoms with E-state index in [-0.39, 0.29) is 11.7 Å². The van der Waals surface area contributed by atoms with Gasteiger partial charge in [-0.15, -0.1) is 0 Å². The Morgan fingerprint density at radius 1 is 1.17 bits per heavy atom. The summed E-state index contributed by atoms with van der Waals surface area (Å²) in [5, 5.41) is 13.6. The van der Waals surface area contributed by atoms with E-state index in [4.69, 9.17) is 23.8 Å². The molecular formula is C17H13ClN2O2S. The van der Waals surface area contributed by atoms with E-state index in [1.807, 2.05) is 18.2 Å². The Balaban J connectivity index is 1.86. The van der Waals surface area contributed by atoms with Crippen LogP contribution in [0.25, 0.3) is 6.08 Å². The Morgan fingerprint density at radius 2 is 1.87 bits per heavy atom. The minimum Gasteiger partial charge on any atom is -0.507 e. The number of para-hydroxylation sites is 1. The lowest BCUT2D eigenvalue weighted by Crippen LogP contribution is -2.30. The molecule has 2 N–H and O–H groups in total. The molecule has 1 aliphatic heterocycles. The van der Waals surface area contributed by atoms with Crippen molar-refractivity contribution < 1.29 is 9.90 Å². The van der Waals surface area contributed by atoms with Crippen molar-refractivity contribution >= 4 is 40.9 Å². The molecule has 6 heteroatoms. The maximum Gasteiger partial charge on any atom is 0.276 e. The molecule has 0 unspecified atom stereocenters. The van der Waals surface area contributed by atoms with Crippen molar-refractivity contribution in [1.29, 1.82) is 0 Å². The second-order valence-corrected chi connectivity index (χ2v) is 5.82. The van der Waals surface area contributed by atoms with Gasteiger partial charge in [0.2, 0.25) is 0 Å². The number of rotatable bonds is 3. The van der Waals surface area contributed by atoms with Crippen LogP contribution in [0.4, 0.5) is 0 Å². The van der Waals surface area contributed by atoms with Gasteiger partial charge in [0.05, 0.1) is 6.54 Å². The summed E-state index contributed by atoms with van der Waals surface area (Å²) in [6.45, 7) is 0.294. The summed E-state index contributed by atoms with van der Waals surface area (Å²) in [6, 6.07) is 14.1. The van der Waals surface area contributed by atoms with Gasteiger partial charge in [0.15, 0.2) is 5.11 Å². The molecule has 0 radical (unpaired) electrons. The quantitative estimate of drug-likeness (QED) is 0.662. The van der Waals surface area contributed by atoms with Gasteiger partial charge in [0, 0.05) is 10.6 Å². The monoisotopic (exact) mass is 344 g/mol. The van der Waals surface area contributed by atoms with Crippen LogP contribution >= 0.6 is 23.8 Å². The molecule has 23 heavy (non-hydrogen) atoms. The van der Waals surface area contributed by atoms with Crippen LogP contribution in [0, 0.1) is 0 Å². The Labute approximate surface area is 144 Å². The first-order valence-electron chi connectivity index (χ1n) is 6.92. The third kappa shape index (κ3) is 3.21. The molecule has 0 spiro atoms. The van der Waals surface area contributed by atoms with Crippen LogP contribution in [0.5, 0.6) is 5.75 Å². The average Bonchev–Trinajstić information content (AvgIpc) is 2.79. The van der Waals surface area contributed by atoms with E-state index in [9.17, 15) is 9.90 Å². The number of amides is 1. The first-order chi connectivity index (χ1) is 11.1. The molecular weight excluding hydrogens is 332 g/mol. The normalized spacial score (nSPS) is 16.0. The van der Waals surface area contributed by atoms with Crippen molar-refractivity contribution in [1.82, 2.24) is 10.2 Å². The number of thiocarbonyl (C=S) groups is 1. The maximum atomic E-state index is 12.5. The SMILES string of the molecule is O=C1C(=Cc2ccccc2O)NC(=S)N1Cc1ccccc1Cl. The summed E-state index contributed by atoms with van der Waals surface area (Å²) in [4.78, 5) is 14.0. The van der Waals surface area contributed by atoms with E-state index in [1.165, 1.54) is 4.90 Å². The van der Waals surface area contributed by atoms with Gasteiger partial charge in [-0.2, -0.15) is 0 Å². The summed E-state index contributed by atoms with van der Waals surface area (Å²) in [5.41, 5.74) is 1.68. The highest BCUT2D eigenvalue weighted by Gasteiger charge is 2.31. The highest BCUT2D eigenvalue weighted by Crippen LogP contribution is 2.23. The van der Waals surface area contributed by atoms with Gasteiger partial charge in [0.25, 0.3) is 5.91 Å². The minimum atomic E-state index is -0.252. The average molecular weight is 345 g/mol. The molecule has 0 saturated carbocycles. The first kappa shape index (κ1) is 15.5. The number of carbonyl (C=O) groups excluding carboxylic acids is 1. The van der Waals surface area contributed by atoms with Crippen molar-refractivity contribution in [3.05, 3.63) is 70.4 Å². The third-order valence-corrected chi connectivity index (χ3v) is 4.18. The molecule has 2 aromatic rings. The van der Waals surface area contributed by atoms with Crippen molar-refractivity contribution in [3.8, 4) is 5.75 Å². The van der Waals surface area contributed by atoms with Crippen molar-refractivity contribution in [2.75, 3.05) is 0 Å². The number of halogens is 1. The maximum absolute atomic E-state index is 12.5. The third-order valence-electron chi connectivity index (χ3n) is 3.49. The topological polar surface area (TPSA) is 52.6 Å². The number of aromatic hydroxyl groups is 1. The number of nitrogens with zero attached hydrogens (tertiary/aromatic N) is 1. The number of benzene rings is 2. The van der Waals surface area contributed by atoms with Gasteiger partial charge in [-0.1, -0.05) is 48.0 Å². The van der Waals surface area contributed by atoms with E-state index in [1.54, 1.807) is 36.4 Å². The Bertz CT molecular complexity index is 820. The Morgan fingerprint density at radius 3 is 2.61 bits per heavy atom. The molecule has 1 amide bonds. The predicted octanol–water partition coefficient (Wildman–Crippen LogP) is 3.30. The van der Waals surface area contributed by atoms with Crippen LogP contribution in [-0.2, 0) is 11.3 Å². The molecule has 2 aromatic carbocycles. The molecule has 1 aliphatic rings. The summed E-state index contributed by atoms with van der Waals surface area (Å²) in [6.07, 6.45) is 1.58. The van der Waals surface area contributed by atoms with E-state index < -0.39 is 0 Å². The van der Waals surface area contributed by atoms with Crippen LogP contribution in [-0.4, -0.2) is 21.0 Å². The van der Waals surface area contributed by atoms with Crippen molar-refractivity contribution in [2.45, 2.75) is 6.54 Å². The van der Waals surface area contributed by atoms with Gasteiger partial charge in [-0.05, 0) is 36.0 Å². The van der Waals surface area contributed by atoms with Gasteiger partial charge in [0.1, 0.15) is 11.4 Å². The lowest BCUT2D eigenvalue weighted by molar-refractivity contribution is -0.122. The predicted molar refractivity (Wildman–Crippen MR) is 93.8 cm³/mol. The second-order valence-electron chi connectivity index (χ2n) is 5.03. The number of hydrogen-bond acceptors (Lipinski definition) is 3.